The summed E-state index contributed by atoms with van der Waals surface area (Å²) in [6.07, 6.45) is -2.67. The largest absolute Gasteiger partial charge is 0.491 e. The number of nitrogens with zero attached hydrogens (tertiary/aromatic N) is 3. The van der Waals surface area contributed by atoms with Gasteiger partial charge in [-0.25, -0.2) is 9.97 Å². The SMILES string of the molecule is CNCC(O)COc1cccc(-c2nc(CCCOC)cc(-c3ccc(C(F)(F)F)nc3)n2)c1. The number of ether oxygens (including phenoxy) is 2. The number of pyridine rings is 1. The van der Waals surface area contributed by atoms with Crippen molar-refractivity contribution in [3.05, 3.63) is 60.0 Å². The number of alkyl halides is 3. The molecule has 0 aliphatic heterocycles. The summed E-state index contributed by atoms with van der Waals surface area (Å²) in [7, 11) is 3.36. The molecule has 0 spiro atoms. The van der Waals surface area contributed by atoms with Crippen molar-refractivity contribution in [1.29, 1.82) is 0 Å². The van der Waals surface area contributed by atoms with E-state index in [-0.39, 0.29) is 6.61 Å². The molecule has 3 aromatic rings. The zero-order valence-electron chi connectivity index (χ0n) is 19.0. The Bertz CT molecular complexity index is 1060. The number of hydrogen-bond donors (Lipinski definition) is 2. The summed E-state index contributed by atoms with van der Waals surface area (Å²) in [4.78, 5) is 12.8. The molecule has 7 nitrogen and oxygen atoms in total. The number of rotatable bonds is 11. The first-order valence-electron chi connectivity index (χ1n) is 10.8. The molecule has 2 aromatic heterocycles. The quantitative estimate of drug-likeness (QED) is 0.408. The van der Waals surface area contributed by atoms with E-state index in [2.05, 4.69) is 20.3 Å². The molecule has 1 atom stereocenters. The van der Waals surface area contributed by atoms with E-state index in [1.54, 1.807) is 38.4 Å². The van der Waals surface area contributed by atoms with Gasteiger partial charge in [0.05, 0.1) is 5.69 Å². The summed E-state index contributed by atoms with van der Waals surface area (Å²) in [5.41, 5.74) is 1.36. The molecule has 34 heavy (non-hydrogen) atoms. The average molecular weight is 476 g/mol. The van der Waals surface area contributed by atoms with Gasteiger partial charge in [0.2, 0.25) is 0 Å². The molecule has 0 radical (unpaired) electrons. The van der Waals surface area contributed by atoms with E-state index in [0.717, 1.165) is 24.4 Å². The van der Waals surface area contributed by atoms with Crippen molar-refractivity contribution in [2.75, 3.05) is 33.9 Å². The maximum atomic E-state index is 12.9. The third-order valence-electron chi connectivity index (χ3n) is 4.88. The molecule has 1 unspecified atom stereocenters. The van der Waals surface area contributed by atoms with Gasteiger partial charge < -0.3 is 19.9 Å². The Morgan fingerprint density at radius 3 is 2.59 bits per heavy atom. The summed E-state index contributed by atoms with van der Waals surface area (Å²) >= 11 is 0. The third kappa shape index (κ3) is 7.21. The molecule has 1 aromatic carbocycles. The van der Waals surface area contributed by atoms with Crippen molar-refractivity contribution in [1.82, 2.24) is 20.3 Å². The summed E-state index contributed by atoms with van der Waals surface area (Å²) in [6, 6.07) is 11.2. The molecule has 0 amide bonds. The summed E-state index contributed by atoms with van der Waals surface area (Å²) in [6.45, 7) is 1.07. The van der Waals surface area contributed by atoms with Crippen LogP contribution in [-0.4, -0.2) is 60.1 Å². The van der Waals surface area contributed by atoms with Crippen LogP contribution in [0.4, 0.5) is 13.2 Å². The number of likely N-dealkylation sites (N-methyl/N-ethyl adjacent to an activating group) is 1. The zero-order chi connectivity index (χ0) is 24.6. The molecule has 0 bridgehead atoms. The normalized spacial score (nSPS) is 12.5. The van der Waals surface area contributed by atoms with Gasteiger partial charge in [0.1, 0.15) is 24.2 Å². The maximum absolute atomic E-state index is 12.9. The predicted molar refractivity (Wildman–Crippen MR) is 121 cm³/mol. The molecule has 0 aliphatic carbocycles. The topological polar surface area (TPSA) is 89.4 Å². The lowest BCUT2D eigenvalue weighted by molar-refractivity contribution is -0.141. The molecular formula is C24H27F3N4O3. The molecule has 2 N–H and O–H groups in total. The monoisotopic (exact) mass is 476 g/mol. The van der Waals surface area contributed by atoms with Crippen LogP contribution < -0.4 is 10.1 Å². The van der Waals surface area contributed by atoms with Crippen LogP contribution in [0.15, 0.2) is 48.7 Å². The Kier molecular flexibility index (Phi) is 8.91. The van der Waals surface area contributed by atoms with Crippen molar-refractivity contribution >= 4 is 0 Å². The minimum absolute atomic E-state index is 0.116. The molecule has 0 saturated heterocycles. The van der Waals surface area contributed by atoms with E-state index in [1.807, 2.05) is 6.07 Å². The molecule has 2 heterocycles. The van der Waals surface area contributed by atoms with Crippen LogP contribution in [0.3, 0.4) is 0 Å². The van der Waals surface area contributed by atoms with E-state index in [1.165, 1.54) is 6.07 Å². The molecule has 0 fully saturated rings. The van der Waals surface area contributed by atoms with Gasteiger partial charge in [-0.2, -0.15) is 13.2 Å². The number of nitrogens with one attached hydrogen (secondary N) is 1. The van der Waals surface area contributed by atoms with Crippen LogP contribution in [0, 0.1) is 0 Å². The number of aromatic nitrogens is 3. The highest BCUT2D eigenvalue weighted by Crippen LogP contribution is 2.30. The Balaban J connectivity index is 1.92. The van der Waals surface area contributed by atoms with Crippen LogP contribution in [0.25, 0.3) is 22.6 Å². The summed E-state index contributed by atoms with van der Waals surface area (Å²) < 4.78 is 49.5. The summed E-state index contributed by atoms with van der Waals surface area (Å²) in [5, 5.41) is 12.7. The fourth-order valence-electron chi connectivity index (χ4n) is 3.23. The Hall–Kier alpha value is -3.08. The van der Waals surface area contributed by atoms with Gasteiger partial charge in [0.15, 0.2) is 5.82 Å². The van der Waals surface area contributed by atoms with Crippen molar-refractivity contribution < 1.29 is 27.8 Å². The predicted octanol–water partition coefficient (Wildman–Crippen LogP) is 3.76. The molecule has 10 heteroatoms. The fourth-order valence-corrected chi connectivity index (χ4v) is 3.23. The van der Waals surface area contributed by atoms with Gasteiger partial charge in [0, 0.05) is 43.3 Å². The smallest absolute Gasteiger partial charge is 0.433 e. The molecule has 3 rings (SSSR count). The van der Waals surface area contributed by atoms with Crippen LogP contribution in [0.2, 0.25) is 0 Å². The highest BCUT2D eigenvalue weighted by atomic mass is 19.4. The van der Waals surface area contributed by atoms with Gasteiger partial charge in [-0.1, -0.05) is 12.1 Å². The molecule has 0 aliphatic rings. The molecular weight excluding hydrogens is 449 g/mol. The number of aliphatic hydroxyl groups is 1. The van der Waals surface area contributed by atoms with E-state index in [4.69, 9.17) is 9.47 Å². The van der Waals surface area contributed by atoms with Gasteiger partial charge in [-0.15, -0.1) is 0 Å². The third-order valence-corrected chi connectivity index (χ3v) is 4.88. The van der Waals surface area contributed by atoms with Crippen molar-refractivity contribution in [3.8, 4) is 28.4 Å². The summed E-state index contributed by atoms with van der Waals surface area (Å²) in [5.74, 6) is 0.949. The van der Waals surface area contributed by atoms with E-state index in [0.29, 0.717) is 48.0 Å². The zero-order valence-corrected chi connectivity index (χ0v) is 19.0. The second-order valence-corrected chi connectivity index (χ2v) is 7.64. The Labute approximate surface area is 196 Å². The van der Waals surface area contributed by atoms with Crippen molar-refractivity contribution in [3.63, 3.8) is 0 Å². The van der Waals surface area contributed by atoms with E-state index in [9.17, 15) is 18.3 Å². The minimum atomic E-state index is -4.51. The molecule has 182 valence electrons. The number of aliphatic hydroxyl groups excluding tert-OH is 1. The first kappa shape index (κ1) is 25.5. The lowest BCUT2D eigenvalue weighted by Gasteiger charge is -2.13. The number of aryl methyl sites for hydroxylation is 1. The highest BCUT2D eigenvalue weighted by molar-refractivity contribution is 5.64. The lowest BCUT2D eigenvalue weighted by atomic mass is 10.1. The van der Waals surface area contributed by atoms with Gasteiger partial charge in [-0.3, -0.25) is 4.98 Å². The van der Waals surface area contributed by atoms with E-state index < -0.39 is 18.0 Å². The maximum Gasteiger partial charge on any atom is 0.433 e. The first-order chi connectivity index (χ1) is 16.3. The van der Waals surface area contributed by atoms with Crippen LogP contribution >= 0.6 is 0 Å². The van der Waals surface area contributed by atoms with E-state index >= 15 is 0 Å². The number of benzene rings is 1. The lowest BCUT2D eigenvalue weighted by Crippen LogP contribution is -2.29. The highest BCUT2D eigenvalue weighted by Gasteiger charge is 2.32. The van der Waals surface area contributed by atoms with Crippen molar-refractivity contribution in [2.45, 2.75) is 25.1 Å². The molecule has 0 saturated carbocycles. The van der Waals surface area contributed by atoms with Crippen LogP contribution in [0.1, 0.15) is 17.8 Å². The number of hydrogen-bond acceptors (Lipinski definition) is 7. The number of halogens is 3. The van der Waals surface area contributed by atoms with Gasteiger partial charge in [-0.05, 0) is 50.2 Å². The Morgan fingerprint density at radius 2 is 1.91 bits per heavy atom. The second-order valence-electron chi connectivity index (χ2n) is 7.64. The second kappa shape index (κ2) is 11.9. The number of methoxy groups -OCH3 is 1. The minimum Gasteiger partial charge on any atom is -0.491 e. The Morgan fingerprint density at radius 1 is 1.09 bits per heavy atom. The van der Waals surface area contributed by atoms with Gasteiger partial charge in [0.25, 0.3) is 0 Å². The van der Waals surface area contributed by atoms with Gasteiger partial charge >= 0.3 is 6.18 Å². The van der Waals surface area contributed by atoms with Crippen LogP contribution in [-0.2, 0) is 17.3 Å². The fraction of sp³-hybridized carbons (Fsp3) is 0.375. The standard InChI is InChI=1S/C24H27F3N4O3/c1-28-14-19(32)15-34-20-7-3-5-16(11-20)23-30-18(6-4-10-33-2)12-21(31-23)17-8-9-22(29-13-17)24(25,26)27/h3,5,7-9,11-13,19,28,32H,4,6,10,14-15H2,1-2H3. The van der Waals surface area contributed by atoms with Crippen molar-refractivity contribution in [2.24, 2.45) is 0 Å². The first-order valence-corrected chi connectivity index (χ1v) is 10.8. The van der Waals surface area contributed by atoms with Crippen LogP contribution in [0.5, 0.6) is 5.75 Å². The average Bonchev–Trinajstić information content (AvgIpc) is 2.83.